The standard InChI is InChI=1S/C27H41NS/c1-2-4-10-14-18-23(17-13-9-3-1)27-21-25-26(29-27)20-19-24(28-25)22-15-11-7-5-6-8-12-16-22/h19-23H,1-18H2. The first kappa shape index (κ1) is 21.3. The molecule has 2 aromatic heterocycles. The molecule has 0 aromatic carbocycles. The number of rotatable bonds is 2. The van der Waals surface area contributed by atoms with Gasteiger partial charge in [0.05, 0.1) is 10.2 Å². The summed E-state index contributed by atoms with van der Waals surface area (Å²) in [7, 11) is 0. The molecule has 0 radical (unpaired) electrons. The van der Waals surface area contributed by atoms with Crippen LogP contribution >= 0.6 is 11.3 Å². The second-order valence-electron chi connectivity index (χ2n) is 9.77. The second-order valence-corrected chi connectivity index (χ2v) is 10.9. The predicted molar refractivity (Wildman–Crippen MR) is 128 cm³/mol. The average Bonchev–Trinajstić information content (AvgIpc) is 3.19. The molecule has 0 bridgehead atoms. The maximum Gasteiger partial charge on any atom is 0.0816 e. The van der Waals surface area contributed by atoms with Crippen molar-refractivity contribution < 1.29 is 0 Å². The first-order valence-electron chi connectivity index (χ1n) is 12.8. The van der Waals surface area contributed by atoms with Crippen molar-refractivity contribution in [1.82, 2.24) is 4.98 Å². The van der Waals surface area contributed by atoms with Gasteiger partial charge in [0, 0.05) is 16.5 Å². The van der Waals surface area contributed by atoms with E-state index in [0.717, 1.165) is 5.92 Å². The van der Waals surface area contributed by atoms with Crippen LogP contribution in [-0.2, 0) is 0 Å². The summed E-state index contributed by atoms with van der Waals surface area (Å²) in [5.41, 5.74) is 2.67. The van der Waals surface area contributed by atoms with Crippen LogP contribution in [0.1, 0.15) is 138 Å². The highest BCUT2D eigenvalue weighted by atomic mass is 32.1. The van der Waals surface area contributed by atoms with Crippen molar-refractivity contribution in [2.24, 2.45) is 0 Å². The maximum absolute atomic E-state index is 5.22. The zero-order valence-corrected chi connectivity index (χ0v) is 19.3. The molecule has 2 heteroatoms. The molecule has 160 valence electrons. The summed E-state index contributed by atoms with van der Waals surface area (Å²) in [6.07, 6.45) is 25.5. The number of nitrogens with zero attached hydrogens (tertiary/aromatic N) is 1. The van der Waals surface area contributed by atoms with E-state index >= 15 is 0 Å². The van der Waals surface area contributed by atoms with Gasteiger partial charge in [0.1, 0.15) is 0 Å². The van der Waals surface area contributed by atoms with Gasteiger partial charge in [0.25, 0.3) is 0 Å². The van der Waals surface area contributed by atoms with Crippen LogP contribution in [0, 0.1) is 0 Å². The van der Waals surface area contributed by atoms with Crippen LogP contribution < -0.4 is 0 Å². The largest absolute Gasteiger partial charge is 0.252 e. The van der Waals surface area contributed by atoms with E-state index < -0.39 is 0 Å². The number of pyridine rings is 1. The molecule has 0 unspecified atom stereocenters. The number of hydrogen-bond donors (Lipinski definition) is 0. The first-order valence-corrected chi connectivity index (χ1v) is 13.6. The van der Waals surface area contributed by atoms with Gasteiger partial charge in [0.15, 0.2) is 0 Å². The molecule has 2 aliphatic rings. The van der Waals surface area contributed by atoms with Crippen LogP contribution in [-0.4, -0.2) is 4.98 Å². The number of hydrogen-bond acceptors (Lipinski definition) is 2. The Bertz CT molecular complexity index is 711. The van der Waals surface area contributed by atoms with Crippen molar-refractivity contribution in [2.75, 3.05) is 0 Å². The van der Waals surface area contributed by atoms with Crippen molar-refractivity contribution in [2.45, 2.75) is 127 Å². The lowest BCUT2D eigenvalue weighted by molar-refractivity contribution is 0.520. The van der Waals surface area contributed by atoms with Crippen LogP contribution in [0.5, 0.6) is 0 Å². The fourth-order valence-corrected chi connectivity index (χ4v) is 6.76. The fourth-order valence-electron chi connectivity index (χ4n) is 5.59. The zero-order valence-electron chi connectivity index (χ0n) is 18.5. The normalized spacial score (nSPS) is 22.5. The SMILES string of the molecule is c1cc2sc(C3CCCCCCCCCC3)cc2nc1C1CCCCCCCC1. The monoisotopic (exact) mass is 411 g/mol. The molecule has 0 atom stereocenters. The Kier molecular flexibility index (Phi) is 8.46. The lowest BCUT2D eigenvalue weighted by Crippen LogP contribution is -2.01. The highest BCUT2D eigenvalue weighted by Gasteiger charge is 2.18. The van der Waals surface area contributed by atoms with Gasteiger partial charge < -0.3 is 0 Å². The van der Waals surface area contributed by atoms with Gasteiger partial charge in [-0.2, -0.15) is 0 Å². The maximum atomic E-state index is 5.22. The van der Waals surface area contributed by atoms with E-state index in [0.29, 0.717) is 5.92 Å². The van der Waals surface area contributed by atoms with Crippen molar-refractivity contribution in [3.63, 3.8) is 0 Å². The van der Waals surface area contributed by atoms with Crippen molar-refractivity contribution in [3.8, 4) is 0 Å². The number of thiophene rings is 1. The van der Waals surface area contributed by atoms with Crippen LogP contribution in [0.15, 0.2) is 18.2 Å². The molecule has 0 amide bonds. The summed E-state index contributed by atoms with van der Waals surface area (Å²) in [5, 5.41) is 0. The van der Waals surface area contributed by atoms with Gasteiger partial charge in [-0.1, -0.05) is 89.9 Å². The molecule has 2 fully saturated rings. The average molecular weight is 412 g/mol. The summed E-state index contributed by atoms with van der Waals surface area (Å²) in [6, 6.07) is 7.23. The Morgan fingerprint density at radius 2 is 1.07 bits per heavy atom. The van der Waals surface area contributed by atoms with E-state index in [2.05, 4.69) is 18.2 Å². The van der Waals surface area contributed by atoms with Gasteiger partial charge in [-0.3, -0.25) is 4.98 Å². The van der Waals surface area contributed by atoms with Gasteiger partial charge in [0.2, 0.25) is 0 Å². The minimum Gasteiger partial charge on any atom is -0.252 e. The zero-order chi connectivity index (χ0) is 19.7. The third-order valence-corrected chi connectivity index (χ3v) is 8.70. The van der Waals surface area contributed by atoms with Crippen molar-refractivity contribution in [1.29, 1.82) is 0 Å². The molecule has 2 aromatic rings. The van der Waals surface area contributed by atoms with Crippen LogP contribution in [0.4, 0.5) is 0 Å². The van der Waals surface area contributed by atoms with Crippen molar-refractivity contribution >= 4 is 21.6 Å². The van der Waals surface area contributed by atoms with E-state index in [1.165, 1.54) is 131 Å². The Morgan fingerprint density at radius 3 is 1.62 bits per heavy atom. The molecule has 0 N–H and O–H groups in total. The van der Waals surface area contributed by atoms with E-state index in [1.807, 2.05) is 11.3 Å². The molecule has 0 spiro atoms. The van der Waals surface area contributed by atoms with Gasteiger partial charge in [-0.25, -0.2) is 0 Å². The predicted octanol–water partition coefficient (Wildman–Crippen LogP) is 9.51. The lowest BCUT2D eigenvalue weighted by atomic mass is 9.93. The molecule has 2 heterocycles. The molecule has 2 saturated carbocycles. The molecule has 0 saturated heterocycles. The van der Waals surface area contributed by atoms with Gasteiger partial charge in [-0.05, 0) is 49.8 Å². The van der Waals surface area contributed by atoms with E-state index in [1.54, 1.807) is 4.88 Å². The third-order valence-electron chi connectivity index (χ3n) is 7.45. The second kappa shape index (κ2) is 11.5. The molecular weight excluding hydrogens is 370 g/mol. The summed E-state index contributed by atoms with van der Waals surface area (Å²) in [5.74, 6) is 1.47. The Labute approximate surface area is 182 Å². The highest BCUT2D eigenvalue weighted by molar-refractivity contribution is 7.19. The van der Waals surface area contributed by atoms with Crippen molar-refractivity contribution in [3.05, 3.63) is 28.8 Å². The Hall–Kier alpha value is -0.890. The van der Waals surface area contributed by atoms with E-state index in [9.17, 15) is 0 Å². The quantitative estimate of drug-likeness (QED) is 0.479. The number of fused-ring (bicyclic) bond motifs is 1. The highest BCUT2D eigenvalue weighted by Crippen LogP contribution is 2.38. The van der Waals surface area contributed by atoms with Gasteiger partial charge >= 0.3 is 0 Å². The minimum absolute atomic E-state index is 0.693. The summed E-state index contributed by atoms with van der Waals surface area (Å²) >= 11 is 2.04. The topological polar surface area (TPSA) is 12.9 Å². The first-order chi connectivity index (χ1) is 14.4. The smallest absolute Gasteiger partial charge is 0.0816 e. The Morgan fingerprint density at radius 1 is 0.586 bits per heavy atom. The number of aromatic nitrogens is 1. The summed E-state index contributed by atoms with van der Waals surface area (Å²) in [4.78, 5) is 6.84. The van der Waals surface area contributed by atoms with Crippen LogP contribution in [0.25, 0.3) is 10.2 Å². The molecular formula is C27H41NS. The molecule has 0 aliphatic heterocycles. The summed E-state index contributed by atoms with van der Waals surface area (Å²) in [6.45, 7) is 0. The van der Waals surface area contributed by atoms with Gasteiger partial charge in [-0.15, -0.1) is 11.3 Å². The molecule has 29 heavy (non-hydrogen) atoms. The molecule has 2 aliphatic carbocycles. The minimum atomic E-state index is 0.693. The Balaban J connectivity index is 1.48. The van der Waals surface area contributed by atoms with E-state index in [4.69, 9.17) is 4.98 Å². The lowest BCUT2D eigenvalue weighted by Gasteiger charge is -2.15. The van der Waals surface area contributed by atoms with Crippen LogP contribution in [0.3, 0.4) is 0 Å². The fraction of sp³-hybridized carbons (Fsp3) is 0.741. The summed E-state index contributed by atoms with van der Waals surface area (Å²) < 4.78 is 1.42. The third kappa shape index (κ3) is 6.29. The van der Waals surface area contributed by atoms with E-state index in [-0.39, 0.29) is 0 Å². The van der Waals surface area contributed by atoms with Crippen LogP contribution in [0.2, 0.25) is 0 Å². The molecule has 4 rings (SSSR count). The molecule has 1 nitrogen and oxygen atoms in total.